The van der Waals surface area contributed by atoms with Crippen molar-refractivity contribution < 1.29 is 4.79 Å². The van der Waals surface area contributed by atoms with Crippen LogP contribution < -0.4 is 0 Å². The van der Waals surface area contributed by atoms with Crippen molar-refractivity contribution in [3.05, 3.63) is 24.0 Å². The molecular formula is C14H21N3O. The number of H-pyrrole nitrogens is 1. The third kappa shape index (κ3) is 1.75. The lowest BCUT2D eigenvalue weighted by Crippen LogP contribution is -2.64. The molecule has 4 heteroatoms. The lowest BCUT2D eigenvalue weighted by atomic mass is 9.76. The summed E-state index contributed by atoms with van der Waals surface area (Å²) in [4.78, 5) is 19.8. The molecule has 18 heavy (non-hydrogen) atoms. The smallest absolute Gasteiger partial charge is 0.270 e. The fourth-order valence-electron chi connectivity index (χ4n) is 3.41. The molecule has 0 saturated carbocycles. The van der Waals surface area contributed by atoms with Gasteiger partial charge in [-0.25, -0.2) is 0 Å². The molecule has 3 heterocycles. The molecule has 0 bridgehead atoms. The molecule has 2 saturated heterocycles. The van der Waals surface area contributed by atoms with Gasteiger partial charge in [0, 0.05) is 31.4 Å². The molecule has 1 spiro atoms. The van der Waals surface area contributed by atoms with Gasteiger partial charge in [-0.3, -0.25) is 9.69 Å². The van der Waals surface area contributed by atoms with Gasteiger partial charge < -0.3 is 9.88 Å². The number of aromatic nitrogens is 1. The maximum atomic E-state index is 12.2. The van der Waals surface area contributed by atoms with E-state index < -0.39 is 0 Å². The Morgan fingerprint density at radius 2 is 2.06 bits per heavy atom. The number of hydrogen-bond donors (Lipinski definition) is 1. The summed E-state index contributed by atoms with van der Waals surface area (Å²) in [5.41, 5.74) is 1.13. The summed E-state index contributed by atoms with van der Waals surface area (Å²) in [6.45, 7) is 6.41. The topological polar surface area (TPSA) is 39.3 Å². The number of carbonyl (C=O) groups is 1. The van der Waals surface area contributed by atoms with Crippen LogP contribution in [0.5, 0.6) is 0 Å². The summed E-state index contributed by atoms with van der Waals surface area (Å²) >= 11 is 0. The molecule has 1 amide bonds. The molecule has 0 radical (unpaired) electrons. The number of nitrogens with zero attached hydrogens (tertiary/aromatic N) is 2. The van der Waals surface area contributed by atoms with Crippen LogP contribution in [0.2, 0.25) is 0 Å². The van der Waals surface area contributed by atoms with Crippen molar-refractivity contribution in [2.45, 2.75) is 31.7 Å². The molecule has 0 aliphatic carbocycles. The Labute approximate surface area is 108 Å². The van der Waals surface area contributed by atoms with Crippen LogP contribution in [-0.2, 0) is 0 Å². The van der Waals surface area contributed by atoms with E-state index in [0.29, 0.717) is 11.2 Å². The lowest BCUT2D eigenvalue weighted by Gasteiger charge is -2.56. The van der Waals surface area contributed by atoms with Gasteiger partial charge in [0.1, 0.15) is 5.69 Å². The van der Waals surface area contributed by atoms with E-state index in [9.17, 15) is 4.79 Å². The Balaban J connectivity index is 1.62. The SMILES string of the molecule is CCN1CCC12CCN(C(=O)c1ccc[nH]1)CC2. The minimum absolute atomic E-state index is 0.150. The summed E-state index contributed by atoms with van der Waals surface area (Å²) in [6.07, 6.45) is 5.38. The van der Waals surface area contributed by atoms with Crippen LogP contribution in [0.15, 0.2) is 18.3 Å². The number of rotatable bonds is 2. The van der Waals surface area contributed by atoms with Crippen LogP contribution in [0.4, 0.5) is 0 Å². The average molecular weight is 247 g/mol. The molecule has 4 nitrogen and oxygen atoms in total. The summed E-state index contributed by atoms with van der Waals surface area (Å²) < 4.78 is 0. The van der Waals surface area contributed by atoms with E-state index in [4.69, 9.17) is 0 Å². The highest BCUT2D eigenvalue weighted by Gasteiger charge is 2.45. The zero-order chi connectivity index (χ0) is 12.6. The van der Waals surface area contributed by atoms with Crippen molar-refractivity contribution in [2.75, 3.05) is 26.2 Å². The largest absolute Gasteiger partial charge is 0.357 e. The molecule has 0 unspecified atom stereocenters. The van der Waals surface area contributed by atoms with Crippen LogP contribution in [-0.4, -0.2) is 52.4 Å². The van der Waals surface area contributed by atoms with Gasteiger partial charge in [0.25, 0.3) is 5.91 Å². The van der Waals surface area contributed by atoms with Gasteiger partial charge >= 0.3 is 0 Å². The molecule has 1 N–H and O–H groups in total. The van der Waals surface area contributed by atoms with E-state index >= 15 is 0 Å². The third-order valence-corrected chi connectivity index (χ3v) is 4.71. The first-order valence-electron chi connectivity index (χ1n) is 6.93. The van der Waals surface area contributed by atoms with Crippen LogP contribution in [0, 0.1) is 0 Å². The standard InChI is InChI=1S/C14H21N3O/c1-2-17-11-7-14(17)5-9-16(10-6-14)13(18)12-4-3-8-15-12/h3-4,8,15H,2,5-7,9-11H2,1H3. The molecule has 2 fully saturated rings. The zero-order valence-electron chi connectivity index (χ0n) is 11.0. The first-order valence-corrected chi connectivity index (χ1v) is 6.93. The van der Waals surface area contributed by atoms with Crippen LogP contribution in [0.1, 0.15) is 36.7 Å². The second-order valence-corrected chi connectivity index (χ2v) is 5.43. The maximum Gasteiger partial charge on any atom is 0.270 e. The molecular weight excluding hydrogens is 226 g/mol. The van der Waals surface area contributed by atoms with Gasteiger partial charge in [0.05, 0.1) is 0 Å². The van der Waals surface area contributed by atoms with E-state index in [1.807, 2.05) is 23.2 Å². The summed E-state index contributed by atoms with van der Waals surface area (Å²) in [5.74, 6) is 0.150. The van der Waals surface area contributed by atoms with Crippen LogP contribution >= 0.6 is 0 Å². The van der Waals surface area contributed by atoms with E-state index in [1.165, 1.54) is 13.0 Å². The van der Waals surface area contributed by atoms with E-state index in [-0.39, 0.29) is 5.91 Å². The quantitative estimate of drug-likeness (QED) is 0.864. The number of piperidine rings is 1. The molecule has 0 atom stereocenters. The lowest BCUT2D eigenvalue weighted by molar-refractivity contribution is -0.0503. The van der Waals surface area contributed by atoms with Gasteiger partial charge in [0.2, 0.25) is 0 Å². The zero-order valence-corrected chi connectivity index (χ0v) is 11.0. The number of amides is 1. The second-order valence-electron chi connectivity index (χ2n) is 5.43. The number of aromatic amines is 1. The van der Waals surface area contributed by atoms with Gasteiger partial charge in [-0.05, 0) is 37.9 Å². The molecule has 1 aromatic heterocycles. The van der Waals surface area contributed by atoms with Gasteiger partial charge in [-0.2, -0.15) is 0 Å². The second kappa shape index (κ2) is 4.43. The molecule has 3 rings (SSSR count). The predicted octanol–water partition coefficient (Wildman–Crippen LogP) is 1.72. The number of nitrogens with one attached hydrogen (secondary N) is 1. The van der Waals surface area contributed by atoms with Crippen molar-refractivity contribution >= 4 is 5.91 Å². The van der Waals surface area contributed by atoms with Crippen molar-refractivity contribution in [2.24, 2.45) is 0 Å². The van der Waals surface area contributed by atoms with Crippen LogP contribution in [0.25, 0.3) is 0 Å². The molecule has 0 aromatic carbocycles. The third-order valence-electron chi connectivity index (χ3n) is 4.71. The number of carbonyl (C=O) groups excluding carboxylic acids is 1. The van der Waals surface area contributed by atoms with Gasteiger partial charge in [0.15, 0.2) is 0 Å². The van der Waals surface area contributed by atoms with Crippen molar-refractivity contribution in [3.8, 4) is 0 Å². The van der Waals surface area contributed by atoms with E-state index in [2.05, 4.69) is 16.8 Å². The maximum absolute atomic E-state index is 12.2. The first kappa shape index (κ1) is 11.8. The highest BCUT2D eigenvalue weighted by molar-refractivity contribution is 5.92. The molecule has 1 aromatic rings. The first-order chi connectivity index (χ1) is 8.75. The van der Waals surface area contributed by atoms with Crippen molar-refractivity contribution in [3.63, 3.8) is 0 Å². The Hall–Kier alpha value is -1.29. The van der Waals surface area contributed by atoms with Gasteiger partial charge in [-0.1, -0.05) is 6.92 Å². The average Bonchev–Trinajstić information content (AvgIpc) is 2.91. The number of hydrogen-bond acceptors (Lipinski definition) is 2. The van der Waals surface area contributed by atoms with Crippen molar-refractivity contribution in [1.29, 1.82) is 0 Å². The summed E-state index contributed by atoms with van der Waals surface area (Å²) in [6, 6.07) is 3.73. The molecule has 2 aliphatic heterocycles. The summed E-state index contributed by atoms with van der Waals surface area (Å²) in [7, 11) is 0. The molecule has 2 aliphatic rings. The predicted molar refractivity (Wildman–Crippen MR) is 70.5 cm³/mol. The van der Waals surface area contributed by atoms with Gasteiger partial charge in [-0.15, -0.1) is 0 Å². The Bertz CT molecular complexity index is 416. The van der Waals surface area contributed by atoms with E-state index in [1.54, 1.807) is 0 Å². The number of likely N-dealkylation sites (tertiary alicyclic amines) is 2. The minimum atomic E-state index is 0.150. The summed E-state index contributed by atoms with van der Waals surface area (Å²) in [5, 5.41) is 0. The van der Waals surface area contributed by atoms with Crippen molar-refractivity contribution in [1.82, 2.24) is 14.8 Å². The highest BCUT2D eigenvalue weighted by atomic mass is 16.2. The minimum Gasteiger partial charge on any atom is -0.357 e. The molecule has 98 valence electrons. The Morgan fingerprint density at radius 1 is 1.33 bits per heavy atom. The normalized spacial score (nSPS) is 23.1. The Kier molecular flexibility index (Phi) is 2.90. The van der Waals surface area contributed by atoms with E-state index in [0.717, 1.165) is 32.5 Å². The fourth-order valence-corrected chi connectivity index (χ4v) is 3.41. The van der Waals surface area contributed by atoms with Crippen LogP contribution in [0.3, 0.4) is 0 Å². The fraction of sp³-hybridized carbons (Fsp3) is 0.643. The highest BCUT2D eigenvalue weighted by Crippen LogP contribution is 2.39. The Morgan fingerprint density at radius 3 is 2.56 bits per heavy atom. The monoisotopic (exact) mass is 247 g/mol.